The minimum absolute atomic E-state index is 0.0509. The van der Waals surface area contributed by atoms with Crippen LogP contribution in [0.15, 0.2) is 18.2 Å². The Morgan fingerprint density at radius 1 is 1.18 bits per heavy atom. The summed E-state index contributed by atoms with van der Waals surface area (Å²) < 4.78 is 15.7. The molecule has 0 bridgehead atoms. The van der Waals surface area contributed by atoms with Crippen LogP contribution in [0.2, 0.25) is 0 Å². The molecule has 1 fully saturated rings. The lowest BCUT2D eigenvalue weighted by Crippen LogP contribution is -2.42. The molecule has 2 amide bonds. The van der Waals surface area contributed by atoms with Crippen LogP contribution in [0.1, 0.15) is 53.0 Å². The largest absolute Gasteiger partial charge is 0.466 e. The summed E-state index contributed by atoms with van der Waals surface area (Å²) in [5.74, 6) is 0.320. The van der Waals surface area contributed by atoms with Crippen molar-refractivity contribution < 1.29 is 28.6 Å². The Hall–Kier alpha value is -3.14. The van der Waals surface area contributed by atoms with Gasteiger partial charge < -0.3 is 19.1 Å². The third kappa shape index (κ3) is 4.27. The number of nitrogens with zero attached hydrogens (tertiary/aromatic N) is 2. The number of likely N-dealkylation sites (tertiary alicyclic amines) is 1. The number of nitrogens with one attached hydrogen (secondary N) is 1. The highest BCUT2D eigenvalue weighted by molar-refractivity contribution is 7.16. The molecular weight excluding hydrogens is 446 g/mol. The minimum Gasteiger partial charge on any atom is -0.466 e. The van der Waals surface area contributed by atoms with Gasteiger partial charge in [-0.15, -0.1) is 11.3 Å². The van der Waals surface area contributed by atoms with Crippen molar-refractivity contribution in [1.82, 2.24) is 9.88 Å². The van der Waals surface area contributed by atoms with Crippen LogP contribution >= 0.6 is 11.3 Å². The highest BCUT2D eigenvalue weighted by atomic mass is 32.1. The normalized spacial score (nSPS) is 19.3. The Morgan fingerprint density at radius 3 is 2.76 bits per heavy atom. The van der Waals surface area contributed by atoms with Gasteiger partial charge in [0.15, 0.2) is 16.6 Å². The maximum Gasteiger partial charge on any atom is 0.309 e. The van der Waals surface area contributed by atoms with E-state index in [4.69, 9.17) is 14.2 Å². The molecule has 0 spiro atoms. The Morgan fingerprint density at radius 2 is 1.97 bits per heavy atom. The third-order valence-electron chi connectivity index (χ3n) is 6.30. The van der Waals surface area contributed by atoms with Gasteiger partial charge in [-0.2, -0.15) is 0 Å². The second-order valence-corrected chi connectivity index (χ2v) is 9.38. The van der Waals surface area contributed by atoms with Crippen molar-refractivity contribution in [2.75, 3.05) is 31.8 Å². The van der Waals surface area contributed by atoms with Crippen molar-refractivity contribution in [3.8, 4) is 11.5 Å². The number of thiazole rings is 1. The van der Waals surface area contributed by atoms with Gasteiger partial charge in [0.2, 0.25) is 12.7 Å². The summed E-state index contributed by atoms with van der Waals surface area (Å²) >= 11 is 1.42. The summed E-state index contributed by atoms with van der Waals surface area (Å²) in [5.41, 5.74) is 1.21. The number of aromatic nitrogens is 1. The molecule has 3 heterocycles. The van der Waals surface area contributed by atoms with Crippen molar-refractivity contribution in [2.45, 2.75) is 38.5 Å². The van der Waals surface area contributed by atoms with Crippen LogP contribution in [0.4, 0.5) is 5.13 Å². The molecule has 1 aliphatic carbocycles. The fourth-order valence-electron chi connectivity index (χ4n) is 4.54. The van der Waals surface area contributed by atoms with Crippen molar-refractivity contribution in [1.29, 1.82) is 0 Å². The molecule has 174 valence electrons. The molecular formula is C23H25N3O6S. The number of fused-ring (bicyclic) bond motifs is 2. The summed E-state index contributed by atoms with van der Waals surface area (Å²) in [6, 6.07) is 5.03. The molecule has 1 atom stereocenters. The molecule has 3 aliphatic rings. The Kier molecular flexibility index (Phi) is 5.92. The molecule has 0 saturated carbocycles. The van der Waals surface area contributed by atoms with E-state index < -0.39 is 0 Å². The van der Waals surface area contributed by atoms with Crippen LogP contribution in [0.3, 0.4) is 0 Å². The smallest absolute Gasteiger partial charge is 0.309 e. The van der Waals surface area contributed by atoms with E-state index in [1.54, 1.807) is 25.1 Å². The van der Waals surface area contributed by atoms with E-state index in [2.05, 4.69) is 10.3 Å². The van der Waals surface area contributed by atoms with E-state index in [0.29, 0.717) is 54.7 Å². The van der Waals surface area contributed by atoms with Crippen LogP contribution in [0.25, 0.3) is 0 Å². The fourth-order valence-corrected chi connectivity index (χ4v) is 5.58. The number of aryl methyl sites for hydroxylation is 1. The molecule has 9 nitrogen and oxygen atoms in total. The number of esters is 1. The van der Waals surface area contributed by atoms with Crippen molar-refractivity contribution in [2.24, 2.45) is 5.92 Å². The molecule has 1 aromatic carbocycles. The molecule has 2 aromatic rings. The predicted octanol–water partition coefficient (Wildman–Crippen LogP) is 2.96. The molecule has 33 heavy (non-hydrogen) atoms. The van der Waals surface area contributed by atoms with E-state index in [1.807, 2.05) is 4.90 Å². The maximum absolute atomic E-state index is 13.2. The molecule has 10 heteroatoms. The second-order valence-electron chi connectivity index (χ2n) is 8.29. The number of carbonyl (C=O) groups is 3. The van der Waals surface area contributed by atoms with Gasteiger partial charge >= 0.3 is 5.97 Å². The summed E-state index contributed by atoms with van der Waals surface area (Å²) in [5, 5.41) is 3.33. The number of piperidine rings is 1. The number of amides is 2. The Bertz CT molecular complexity index is 1090. The van der Waals surface area contributed by atoms with E-state index in [1.165, 1.54) is 11.3 Å². The predicted molar refractivity (Wildman–Crippen MR) is 120 cm³/mol. The van der Waals surface area contributed by atoms with E-state index in [-0.39, 0.29) is 36.4 Å². The number of carbonyl (C=O) groups excluding carboxylic acids is 3. The number of rotatable bonds is 5. The van der Waals surface area contributed by atoms with Gasteiger partial charge in [0.25, 0.3) is 5.91 Å². The first-order valence-electron chi connectivity index (χ1n) is 11.2. The minimum atomic E-state index is -0.299. The summed E-state index contributed by atoms with van der Waals surface area (Å²) in [7, 11) is 0. The first-order chi connectivity index (χ1) is 16.0. The average molecular weight is 472 g/mol. The molecule has 5 rings (SSSR count). The fraction of sp³-hybridized carbons (Fsp3) is 0.478. The van der Waals surface area contributed by atoms with Gasteiger partial charge in [-0.3, -0.25) is 19.7 Å². The molecule has 2 aliphatic heterocycles. The van der Waals surface area contributed by atoms with Gasteiger partial charge in [-0.1, -0.05) is 0 Å². The summed E-state index contributed by atoms with van der Waals surface area (Å²) in [4.78, 5) is 45.3. The van der Waals surface area contributed by atoms with Crippen LogP contribution in [-0.4, -0.2) is 54.2 Å². The van der Waals surface area contributed by atoms with Gasteiger partial charge in [-0.05, 0) is 50.8 Å². The van der Waals surface area contributed by atoms with Crippen molar-refractivity contribution >= 4 is 34.3 Å². The average Bonchev–Trinajstić information content (AvgIpc) is 3.54. The number of ether oxygens (including phenoxy) is 3. The van der Waals surface area contributed by atoms with E-state index in [0.717, 1.165) is 23.4 Å². The van der Waals surface area contributed by atoms with Crippen molar-refractivity contribution in [3.05, 3.63) is 34.3 Å². The van der Waals surface area contributed by atoms with Crippen LogP contribution in [-0.2, 0) is 20.7 Å². The standard InChI is InChI=1S/C23H25N3O6S/c1-2-30-22(29)13-7-9-26(10-8-13)21(28)15-4-6-18-19(15)24-23(33-18)25-20(27)14-3-5-16-17(11-14)32-12-31-16/h3,5,11,13,15H,2,4,6-10,12H2,1H3,(H,24,25,27)/t15-/m1/s1. The lowest BCUT2D eigenvalue weighted by atomic mass is 9.95. The molecule has 1 saturated heterocycles. The summed E-state index contributed by atoms with van der Waals surface area (Å²) in [6.45, 7) is 3.42. The SMILES string of the molecule is CCOC(=O)C1CCN(C(=O)[C@@H]2CCc3sc(NC(=O)c4ccc5c(c4)OCO5)nc32)CC1. The number of hydrogen-bond donors (Lipinski definition) is 1. The van der Waals surface area contributed by atoms with Crippen LogP contribution in [0, 0.1) is 5.92 Å². The zero-order valence-corrected chi connectivity index (χ0v) is 19.1. The third-order valence-corrected chi connectivity index (χ3v) is 7.34. The lowest BCUT2D eigenvalue weighted by Gasteiger charge is -2.32. The monoisotopic (exact) mass is 471 g/mol. The van der Waals surface area contributed by atoms with Crippen LogP contribution in [0.5, 0.6) is 11.5 Å². The number of anilines is 1. The summed E-state index contributed by atoms with van der Waals surface area (Å²) in [6.07, 6.45) is 2.74. The van der Waals surface area contributed by atoms with Gasteiger partial charge in [-0.25, -0.2) is 4.98 Å². The zero-order chi connectivity index (χ0) is 22.9. The first-order valence-corrected chi connectivity index (χ1v) is 12.0. The van der Waals surface area contributed by atoms with E-state index >= 15 is 0 Å². The van der Waals surface area contributed by atoms with E-state index in [9.17, 15) is 14.4 Å². The quantitative estimate of drug-likeness (QED) is 0.668. The van der Waals surface area contributed by atoms with Gasteiger partial charge in [0, 0.05) is 23.5 Å². The number of benzene rings is 1. The molecule has 0 radical (unpaired) electrons. The highest BCUT2D eigenvalue weighted by Crippen LogP contribution is 2.40. The Balaban J connectivity index is 1.22. The Labute approximate surface area is 195 Å². The molecule has 1 N–H and O–H groups in total. The molecule has 1 aromatic heterocycles. The van der Waals surface area contributed by atoms with Crippen molar-refractivity contribution in [3.63, 3.8) is 0 Å². The van der Waals surface area contributed by atoms with Gasteiger partial charge in [0.1, 0.15) is 0 Å². The number of hydrogen-bond acceptors (Lipinski definition) is 8. The first kappa shape index (κ1) is 21.7. The highest BCUT2D eigenvalue weighted by Gasteiger charge is 2.37. The molecule has 0 unspecified atom stereocenters. The zero-order valence-electron chi connectivity index (χ0n) is 18.3. The second kappa shape index (κ2) is 9.01. The maximum atomic E-state index is 13.2. The lowest BCUT2D eigenvalue weighted by molar-refractivity contribution is -0.151. The van der Waals surface area contributed by atoms with Crippen LogP contribution < -0.4 is 14.8 Å². The van der Waals surface area contributed by atoms with Gasteiger partial charge in [0.05, 0.1) is 24.1 Å². The topological polar surface area (TPSA) is 107 Å².